The molecule has 0 saturated heterocycles. The van der Waals surface area contributed by atoms with Gasteiger partial charge in [-0.15, -0.1) is 0 Å². The van der Waals surface area contributed by atoms with Crippen LogP contribution in [0.1, 0.15) is 15.9 Å². The quantitative estimate of drug-likeness (QED) is 0.341. The van der Waals surface area contributed by atoms with Gasteiger partial charge in [-0.05, 0) is 42.5 Å². The third-order valence-corrected chi connectivity index (χ3v) is 6.80. The maximum Gasteiger partial charge on any atom is 0.338 e. The summed E-state index contributed by atoms with van der Waals surface area (Å²) in [5, 5.41) is 10.1. The number of fused-ring (bicyclic) bond motifs is 1. The van der Waals surface area contributed by atoms with E-state index in [9.17, 15) is 23.1 Å². The van der Waals surface area contributed by atoms with Gasteiger partial charge in [-0.2, -0.15) is 0 Å². The molecule has 9 heteroatoms. The number of phenolic OH excluding ortho intramolecular Hbond substituents is 1. The lowest BCUT2D eigenvalue weighted by atomic mass is 10.1. The predicted molar refractivity (Wildman–Crippen MR) is 122 cm³/mol. The van der Waals surface area contributed by atoms with E-state index < -0.39 is 21.6 Å². The second-order valence-electron chi connectivity index (χ2n) is 7.18. The van der Waals surface area contributed by atoms with E-state index >= 15 is 0 Å². The number of para-hydroxylation sites is 1. The van der Waals surface area contributed by atoms with Crippen molar-refractivity contribution in [2.75, 3.05) is 11.4 Å². The zero-order valence-corrected chi connectivity index (χ0v) is 18.3. The lowest BCUT2D eigenvalue weighted by Gasteiger charge is -2.19. The highest BCUT2D eigenvalue weighted by Gasteiger charge is 2.23. The first-order valence-electron chi connectivity index (χ1n) is 9.82. The molecular formula is C24H19NO7S. The van der Waals surface area contributed by atoms with E-state index in [0.717, 1.165) is 4.31 Å². The summed E-state index contributed by atoms with van der Waals surface area (Å²) in [6.45, 7) is -0.243. The molecule has 0 aliphatic rings. The molecule has 0 aliphatic carbocycles. The van der Waals surface area contributed by atoms with Crippen molar-refractivity contribution in [3.63, 3.8) is 0 Å². The van der Waals surface area contributed by atoms with Gasteiger partial charge in [0.05, 0.1) is 16.1 Å². The molecule has 8 nitrogen and oxygen atoms in total. The largest absolute Gasteiger partial charge is 0.508 e. The van der Waals surface area contributed by atoms with Gasteiger partial charge >= 0.3 is 11.6 Å². The monoisotopic (exact) mass is 465 g/mol. The van der Waals surface area contributed by atoms with Crippen LogP contribution in [-0.4, -0.2) is 26.5 Å². The Bertz CT molecular complexity index is 1490. The summed E-state index contributed by atoms with van der Waals surface area (Å²) < 4.78 is 37.5. The lowest BCUT2D eigenvalue weighted by Crippen LogP contribution is -2.26. The summed E-state index contributed by atoms with van der Waals surface area (Å²) in [5.41, 5.74) is 0.415. The summed E-state index contributed by atoms with van der Waals surface area (Å²) in [5.74, 6) is -0.826. The number of carbonyl (C=O) groups excluding carboxylic acids is 1. The molecule has 0 fully saturated rings. The van der Waals surface area contributed by atoms with Crippen LogP contribution >= 0.6 is 0 Å². The fraction of sp³-hybridized carbons (Fsp3) is 0.0833. The molecule has 0 bridgehead atoms. The van der Waals surface area contributed by atoms with E-state index in [2.05, 4.69) is 0 Å². The number of hydrogen-bond acceptors (Lipinski definition) is 7. The topological polar surface area (TPSA) is 114 Å². The minimum atomic E-state index is -3.91. The second-order valence-corrected chi connectivity index (χ2v) is 9.15. The number of esters is 1. The highest BCUT2D eigenvalue weighted by molar-refractivity contribution is 7.92. The van der Waals surface area contributed by atoms with Crippen molar-refractivity contribution in [3.05, 3.63) is 100 Å². The van der Waals surface area contributed by atoms with E-state index in [1.165, 1.54) is 49.5 Å². The van der Waals surface area contributed by atoms with Crippen molar-refractivity contribution in [1.29, 1.82) is 0 Å². The summed E-state index contributed by atoms with van der Waals surface area (Å²) in [7, 11) is -2.48. The Morgan fingerprint density at radius 1 is 1.00 bits per heavy atom. The van der Waals surface area contributed by atoms with E-state index in [1.807, 2.05) is 0 Å². The van der Waals surface area contributed by atoms with Gasteiger partial charge in [0.15, 0.2) is 0 Å². The second kappa shape index (κ2) is 8.79. The van der Waals surface area contributed by atoms with Crippen molar-refractivity contribution in [1.82, 2.24) is 0 Å². The van der Waals surface area contributed by atoms with Gasteiger partial charge in [0, 0.05) is 30.1 Å². The van der Waals surface area contributed by atoms with Crippen LogP contribution < -0.4 is 9.93 Å². The van der Waals surface area contributed by atoms with Gasteiger partial charge in [-0.3, -0.25) is 4.31 Å². The number of hydrogen-bond donors (Lipinski definition) is 1. The third kappa shape index (κ3) is 4.58. The van der Waals surface area contributed by atoms with Crippen molar-refractivity contribution in [2.45, 2.75) is 11.5 Å². The van der Waals surface area contributed by atoms with Crippen LogP contribution in [0.4, 0.5) is 5.69 Å². The molecule has 4 rings (SSSR count). The number of ether oxygens (including phenoxy) is 1. The fourth-order valence-electron chi connectivity index (χ4n) is 3.28. The van der Waals surface area contributed by atoms with Crippen LogP contribution in [0.25, 0.3) is 11.0 Å². The molecule has 4 aromatic rings. The molecule has 168 valence electrons. The van der Waals surface area contributed by atoms with Crippen LogP contribution in [0.15, 0.2) is 93.0 Å². The highest BCUT2D eigenvalue weighted by atomic mass is 32.2. The first kappa shape index (κ1) is 22.1. The van der Waals surface area contributed by atoms with Gasteiger partial charge in [0.1, 0.15) is 17.9 Å². The number of nitrogens with zero attached hydrogens (tertiary/aromatic N) is 1. The minimum Gasteiger partial charge on any atom is -0.508 e. The summed E-state index contributed by atoms with van der Waals surface area (Å²) in [6, 6.07) is 19.6. The standard InChI is InChI=1S/C24H19NO7S/c1-25(18-7-3-2-4-8-18)33(29,30)20-9-5-6-16(12-20)24(28)31-15-17-13-23(27)32-22-14-19(26)10-11-21(17)22/h2-14,26H,15H2,1H3. The minimum absolute atomic E-state index is 0.0439. The van der Waals surface area contributed by atoms with E-state index in [4.69, 9.17) is 9.15 Å². The molecular weight excluding hydrogens is 446 g/mol. The molecule has 1 aromatic heterocycles. The number of benzene rings is 3. The fourth-order valence-corrected chi connectivity index (χ4v) is 4.52. The zero-order chi connectivity index (χ0) is 23.6. The lowest BCUT2D eigenvalue weighted by molar-refractivity contribution is 0.0473. The van der Waals surface area contributed by atoms with Crippen molar-refractivity contribution >= 4 is 32.6 Å². The number of anilines is 1. The van der Waals surface area contributed by atoms with Crippen LogP contribution in [-0.2, 0) is 21.4 Å². The first-order chi connectivity index (χ1) is 15.8. The van der Waals surface area contributed by atoms with Crippen LogP contribution in [0.5, 0.6) is 5.75 Å². The summed E-state index contributed by atoms with van der Waals surface area (Å²) in [6.07, 6.45) is 0. The van der Waals surface area contributed by atoms with E-state index in [-0.39, 0.29) is 28.4 Å². The summed E-state index contributed by atoms with van der Waals surface area (Å²) in [4.78, 5) is 24.4. The number of carbonyl (C=O) groups is 1. The van der Waals surface area contributed by atoms with Gasteiger partial charge in [0.2, 0.25) is 0 Å². The molecule has 1 heterocycles. The first-order valence-corrected chi connectivity index (χ1v) is 11.3. The zero-order valence-electron chi connectivity index (χ0n) is 17.5. The van der Waals surface area contributed by atoms with E-state index in [1.54, 1.807) is 36.4 Å². The molecule has 0 spiro atoms. The number of sulfonamides is 1. The molecule has 3 aromatic carbocycles. The SMILES string of the molecule is CN(c1ccccc1)S(=O)(=O)c1cccc(C(=O)OCc2cc(=O)oc3cc(O)ccc23)c1. The molecule has 0 unspecified atom stereocenters. The number of rotatable bonds is 6. The molecule has 33 heavy (non-hydrogen) atoms. The van der Waals surface area contributed by atoms with Gasteiger partial charge < -0.3 is 14.3 Å². The van der Waals surface area contributed by atoms with Gasteiger partial charge in [-0.25, -0.2) is 18.0 Å². The average molecular weight is 465 g/mol. The van der Waals surface area contributed by atoms with Crippen LogP contribution in [0.3, 0.4) is 0 Å². The molecule has 1 N–H and O–H groups in total. The Kier molecular flexibility index (Phi) is 5.89. The Morgan fingerprint density at radius 3 is 2.52 bits per heavy atom. The molecule has 0 amide bonds. The smallest absolute Gasteiger partial charge is 0.338 e. The van der Waals surface area contributed by atoms with Crippen LogP contribution in [0, 0.1) is 0 Å². The number of aromatic hydroxyl groups is 1. The Balaban J connectivity index is 1.57. The van der Waals surface area contributed by atoms with Gasteiger partial charge in [0.25, 0.3) is 10.0 Å². The Labute approximate surface area is 189 Å². The highest BCUT2D eigenvalue weighted by Crippen LogP contribution is 2.24. The summed E-state index contributed by atoms with van der Waals surface area (Å²) >= 11 is 0. The van der Waals surface area contributed by atoms with Gasteiger partial charge in [-0.1, -0.05) is 24.3 Å². The molecule has 0 radical (unpaired) electrons. The normalized spacial score (nSPS) is 11.3. The van der Waals surface area contributed by atoms with Crippen molar-refractivity contribution in [2.24, 2.45) is 0 Å². The Morgan fingerprint density at radius 2 is 1.76 bits per heavy atom. The average Bonchev–Trinajstić information content (AvgIpc) is 2.82. The van der Waals surface area contributed by atoms with E-state index in [0.29, 0.717) is 16.6 Å². The maximum absolute atomic E-state index is 13.0. The van der Waals surface area contributed by atoms with Crippen molar-refractivity contribution < 1.29 is 27.5 Å². The Hall–Kier alpha value is -4.11. The molecule has 0 saturated carbocycles. The van der Waals surface area contributed by atoms with Crippen molar-refractivity contribution in [3.8, 4) is 5.75 Å². The molecule has 0 aliphatic heterocycles. The number of phenols is 1. The predicted octanol–water partition coefficient (Wildman–Crippen LogP) is 3.68. The van der Waals surface area contributed by atoms with Crippen LogP contribution in [0.2, 0.25) is 0 Å². The molecule has 0 atom stereocenters. The maximum atomic E-state index is 13.0. The third-order valence-electron chi connectivity index (χ3n) is 5.02.